The first kappa shape index (κ1) is 12.1. The fraction of sp³-hybridized carbons (Fsp3) is 0.571. The van der Waals surface area contributed by atoms with Gasteiger partial charge in [-0.3, -0.25) is 9.78 Å². The van der Waals surface area contributed by atoms with Crippen LogP contribution in [0.1, 0.15) is 49.5 Å². The Hall–Kier alpha value is -1.38. The summed E-state index contributed by atoms with van der Waals surface area (Å²) in [7, 11) is 0. The van der Waals surface area contributed by atoms with Crippen LogP contribution in [0.3, 0.4) is 0 Å². The molecule has 2 atom stereocenters. The van der Waals surface area contributed by atoms with Crippen LogP contribution in [0.5, 0.6) is 0 Å². The largest absolute Gasteiger partial charge is 0.397 e. The van der Waals surface area contributed by atoms with Crippen LogP contribution in [0, 0.1) is 11.8 Å². The van der Waals surface area contributed by atoms with Gasteiger partial charge in [-0.15, -0.1) is 0 Å². The molecule has 0 amide bonds. The standard InChI is InChI=1S/C14H20N2O/c1-2-10-6-3-4-7-11(10)14(17)13-12(15)8-5-9-16-13/h5,8-11H,2-4,6-7,15H2,1H3. The molecular weight excluding hydrogens is 212 g/mol. The molecule has 0 aliphatic heterocycles. The summed E-state index contributed by atoms with van der Waals surface area (Å²) in [5.41, 5.74) is 6.81. The Kier molecular flexibility index (Phi) is 3.77. The number of nitrogens with two attached hydrogens (primary N) is 1. The summed E-state index contributed by atoms with van der Waals surface area (Å²) in [4.78, 5) is 16.6. The summed E-state index contributed by atoms with van der Waals surface area (Å²) in [5, 5.41) is 0. The van der Waals surface area contributed by atoms with Crippen molar-refractivity contribution in [2.24, 2.45) is 11.8 Å². The molecule has 3 nitrogen and oxygen atoms in total. The minimum Gasteiger partial charge on any atom is -0.397 e. The number of nitrogen functional groups attached to an aromatic ring is 1. The van der Waals surface area contributed by atoms with Gasteiger partial charge in [0.25, 0.3) is 0 Å². The Balaban J connectivity index is 2.21. The first-order chi connectivity index (χ1) is 8.24. The Bertz CT molecular complexity index is 403. The molecule has 0 saturated heterocycles. The number of pyridine rings is 1. The van der Waals surface area contributed by atoms with E-state index in [1.807, 2.05) is 0 Å². The molecule has 1 aliphatic rings. The van der Waals surface area contributed by atoms with Gasteiger partial charge in [-0.05, 0) is 30.9 Å². The van der Waals surface area contributed by atoms with Crippen molar-refractivity contribution in [2.75, 3.05) is 5.73 Å². The van der Waals surface area contributed by atoms with Crippen molar-refractivity contribution in [2.45, 2.75) is 39.0 Å². The normalized spacial score (nSPS) is 24.5. The fourth-order valence-electron chi connectivity index (χ4n) is 2.84. The van der Waals surface area contributed by atoms with Crippen molar-refractivity contribution in [1.29, 1.82) is 0 Å². The predicted molar refractivity (Wildman–Crippen MR) is 68.7 cm³/mol. The van der Waals surface area contributed by atoms with Crippen molar-refractivity contribution in [1.82, 2.24) is 4.98 Å². The van der Waals surface area contributed by atoms with Crippen LogP contribution in [0.15, 0.2) is 18.3 Å². The van der Waals surface area contributed by atoms with Gasteiger partial charge in [-0.2, -0.15) is 0 Å². The minimum absolute atomic E-state index is 0.131. The maximum Gasteiger partial charge on any atom is 0.186 e. The Morgan fingerprint density at radius 1 is 1.47 bits per heavy atom. The van der Waals surface area contributed by atoms with E-state index in [0.29, 0.717) is 17.3 Å². The number of carbonyl (C=O) groups excluding carboxylic acids is 1. The van der Waals surface area contributed by atoms with Gasteiger partial charge < -0.3 is 5.73 Å². The van der Waals surface area contributed by atoms with E-state index in [1.54, 1.807) is 18.3 Å². The molecule has 1 aliphatic carbocycles. The van der Waals surface area contributed by atoms with Gasteiger partial charge in [0.15, 0.2) is 5.78 Å². The van der Waals surface area contributed by atoms with Gasteiger partial charge in [0, 0.05) is 12.1 Å². The molecule has 2 rings (SSSR count). The summed E-state index contributed by atoms with van der Waals surface area (Å²) in [6, 6.07) is 3.52. The fourth-order valence-corrected chi connectivity index (χ4v) is 2.84. The number of anilines is 1. The Labute approximate surface area is 102 Å². The second-order valence-electron chi connectivity index (χ2n) is 4.86. The van der Waals surface area contributed by atoms with Gasteiger partial charge in [0.2, 0.25) is 0 Å². The summed E-state index contributed by atoms with van der Waals surface area (Å²) in [5.74, 6) is 0.790. The van der Waals surface area contributed by atoms with Crippen LogP contribution in [0.25, 0.3) is 0 Å². The molecule has 0 spiro atoms. The molecule has 92 valence electrons. The average Bonchev–Trinajstić information content (AvgIpc) is 2.38. The Morgan fingerprint density at radius 3 is 2.94 bits per heavy atom. The number of hydrogen-bond acceptors (Lipinski definition) is 3. The zero-order valence-corrected chi connectivity index (χ0v) is 10.4. The summed E-state index contributed by atoms with van der Waals surface area (Å²) >= 11 is 0. The molecule has 1 saturated carbocycles. The van der Waals surface area contributed by atoms with E-state index < -0.39 is 0 Å². The topological polar surface area (TPSA) is 56.0 Å². The molecule has 0 aromatic carbocycles. The van der Waals surface area contributed by atoms with Gasteiger partial charge in [0.1, 0.15) is 5.69 Å². The first-order valence-corrected chi connectivity index (χ1v) is 6.48. The number of rotatable bonds is 3. The third kappa shape index (κ3) is 2.48. The van der Waals surface area contributed by atoms with E-state index >= 15 is 0 Å². The van der Waals surface area contributed by atoms with Crippen LogP contribution < -0.4 is 5.73 Å². The molecule has 0 bridgehead atoms. The molecule has 1 fully saturated rings. The number of Topliss-reactive ketones (excluding diaryl/α,β-unsaturated/α-hetero) is 1. The molecule has 2 N–H and O–H groups in total. The van der Waals surface area contributed by atoms with E-state index in [9.17, 15) is 4.79 Å². The average molecular weight is 232 g/mol. The van der Waals surface area contributed by atoms with Crippen LogP contribution in [-0.2, 0) is 0 Å². The van der Waals surface area contributed by atoms with Crippen molar-refractivity contribution in [3.8, 4) is 0 Å². The highest BCUT2D eigenvalue weighted by atomic mass is 16.1. The van der Waals surface area contributed by atoms with Crippen LogP contribution in [-0.4, -0.2) is 10.8 Å². The SMILES string of the molecule is CCC1CCCCC1C(=O)c1ncccc1N. The van der Waals surface area contributed by atoms with Crippen LogP contribution in [0.2, 0.25) is 0 Å². The summed E-state index contributed by atoms with van der Waals surface area (Å²) < 4.78 is 0. The number of aromatic nitrogens is 1. The van der Waals surface area contributed by atoms with E-state index in [0.717, 1.165) is 19.3 Å². The molecule has 17 heavy (non-hydrogen) atoms. The zero-order valence-electron chi connectivity index (χ0n) is 10.4. The summed E-state index contributed by atoms with van der Waals surface area (Å²) in [6.45, 7) is 2.16. The van der Waals surface area contributed by atoms with Crippen LogP contribution >= 0.6 is 0 Å². The monoisotopic (exact) mass is 232 g/mol. The second-order valence-corrected chi connectivity index (χ2v) is 4.86. The quantitative estimate of drug-likeness (QED) is 0.815. The molecule has 1 aromatic rings. The third-order valence-corrected chi connectivity index (χ3v) is 3.84. The zero-order chi connectivity index (χ0) is 12.3. The van der Waals surface area contributed by atoms with Gasteiger partial charge >= 0.3 is 0 Å². The van der Waals surface area contributed by atoms with Crippen molar-refractivity contribution < 1.29 is 4.79 Å². The number of ketones is 1. The highest BCUT2D eigenvalue weighted by molar-refractivity contribution is 6.00. The van der Waals surface area contributed by atoms with E-state index in [1.165, 1.54) is 12.8 Å². The summed E-state index contributed by atoms with van der Waals surface area (Å²) in [6.07, 6.45) is 7.28. The Morgan fingerprint density at radius 2 is 2.24 bits per heavy atom. The number of nitrogens with zero attached hydrogens (tertiary/aromatic N) is 1. The highest BCUT2D eigenvalue weighted by Crippen LogP contribution is 2.34. The van der Waals surface area contributed by atoms with Gasteiger partial charge in [-0.25, -0.2) is 0 Å². The van der Waals surface area contributed by atoms with E-state index in [2.05, 4.69) is 11.9 Å². The second kappa shape index (κ2) is 5.30. The lowest BCUT2D eigenvalue weighted by Crippen LogP contribution is -2.28. The predicted octanol–water partition coefficient (Wildman–Crippen LogP) is 3.06. The van der Waals surface area contributed by atoms with E-state index in [4.69, 9.17) is 5.73 Å². The molecule has 1 aromatic heterocycles. The molecule has 3 heteroatoms. The number of carbonyl (C=O) groups is 1. The van der Waals surface area contributed by atoms with Crippen molar-refractivity contribution in [3.63, 3.8) is 0 Å². The van der Waals surface area contributed by atoms with Crippen molar-refractivity contribution >= 4 is 11.5 Å². The molecule has 2 unspecified atom stereocenters. The lowest BCUT2D eigenvalue weighted by Gasteiger charge is -2.29. The maximum atomic E-state index is 12.4. The molecule has 1 heterocycles. The third-order valence-electron chi connectivity index (χ3n) is 3.84. The van der Waals surface area contributed by atoms with Gasteiger partial charge in [-0.1, -0.05) is 26.2 Å². The lowest BCUT2D eigenvalue weighted by molar-refractivity contribution is 0.0816. The minimum atomic E-state index is 0.131. The smallest absolute Gasteiger partial charge is 0.186 e. The van der Waals surface area contributed by atoms with E-state index in [-0.39, 0.29) is 11.7 Å². The highest BCUT2D eigenvalue weighted by Gasteiger charge is 2.31. The molecule has 0 radical (unpaired) electrons. The van der Waals surface area contributed by atoms with Crippen molar-refractivity contribution in [3.05, 3.63) is 24.0 Å². The first-order valence-electron chi connectivity index (χ1n) is 6.48. The maximum absolute atomic E-state index is 12.4. The van der Waals surface area contributed by atoms with Crippen LogP contribution in [0.4, 0.5) is 5.69 Å². The number of hydrogen-bond donors (Lipinski definition) is 1. The molecular formula is C14H20N2O. The van der Waals surface area contributed by atoms with Gasteiger partial charge in [0.05, 0.1) is 5.69 Å². The lowest BCUT2D eigenvalue weighted by atomic mass is 9.75.